The van der Waals surface area contributed by atoms with Crippen LogP contribution in [0.15, 0.2) is 0 Å². The van der Waals surface area contributed by atoms with Gasteiger partial charge in [-0.2, -0.15) is 0 Å². The molecule has 0 N–H and O–H groups in total. The first-order chi connectivity index (χ1) is 11.1. The minimum atomic E-state index is 0.126. The molecule has 5 nitrogen and oxygen atoms in total. The summed E-state index contributed by atoms with van der Waals surface area (Å²) in [5, 5.41) is 0. The zero-order valence-electron chi connectivity index (χ0n) is 14.9. The van der Waals surface area contributed by atoms with Crippen LogP contribution in [-0.2, 0) is 9.53 Å². The van der Waals surface area contributed by atoms with Gasteiger partial charge in [-0.25, -0.2) is 0 Å². The molecular formula is C18H33N3O2. The molecule has 0 radical (unpaired) electrons. The van der Waals surface area contributed by atoms with Gasteiger partial charge in [0.05, 0.1) is 18.2 Å². The summed E-state index contributed by atoms with van der Waals surface area (Å²) in [6.07, 6.45) is 6.63. The van der Waals surface area contributed by atoms with Crippen LogP contribution in [0.3, 0.4) is 0 Å². The number of ether oxygens (including phenoxy) is 1. The van der Waals surface area contributed by atoms with Gasteiger partial charge in [0.2, 0.25) is 5.91 Å². The van der Waals surface area contributed by atoms with E-state index in [1.54, 1.807) is 6.92 Å². The molecule has 1 saturated carbocycles. The molecule has 0 bridgehead atoms. The number of amides is 1. The molecule has 2 aliphatic heterocycles. The van der Waals surface area contributed by atoms with E-state index >= 15 is 0 Å². The summed E-state index contributed by atoms with van der Waals surface area (Å²) in [5.74, 6) is 0.272. The first kappa shape index (κ1) is 17.2. The molecule has 2 heterocycles. The molecule has 1 unspecified atom stereocenters. The molecule has 1 amide bonds. The molecule has 23 heavy (non-hydrogen) atoms. The van der Waals surface area contributed by atoms with Gasteiger partial charge >= 0.3 is 0 Å². The molecule has 0 aromatic carbocycles. The van der Waals surface area contributed by atoms with Gasteiger partial charge in [-0.15, -0.1) is 0 Å². The van der Waals surface area contributed by atoms with E-state index in [0.29, 0.717) is 6.10 Å². The van der Waals surface area contributed by atoms with Crippen LogP contribution >= 0.6 is 0 Å². The third-order valence-electron chi connectivity index (χ3n) is 5.95. The molecule has 3 fully saturated rings. The Labute approximate surface area is 140 Å². The lowest BCUT2D eigenvalue weighted by Crippen LogP contribution is -2.64. The molecule has 1 aliphatic carbocycles. The number of nitrogens with zero attached hydrogens (tertiary/aromatic N) is 3. The summed E-state index contributed by atoms with van der Waals surface area (Å²) < 4.78 is 5.63. The lowest BCUT2D eigenvalue weighted by molar-refractivity contribution is -0.142. The lowest BCUT2D eigenvalue weighted by atomic mass is 9.78. The van der Waals surface area contributed by atoms with Gasteiger partial charge in [0.1, 0.15) is 0 Å². The third-order valence-corrected chi connectivity index (χ3v) is 5.95. The van der Waals surface area contributed by atoms with Crippen molar-refractivity contribution in [3.05, 3.63) is 0 Å². The van der Waals surface area contributed by atoms with Crippen molar-refractivity contribution in [2.75, 3.05) is 52.4 Å². The third kappa shape index (κ3) is 4.06. The highest BCUT2D eigenvalue weighted by atomic mass is 16.5. The predicted octanol–water partition coefficient (Wildman–Crippen LogP) is 1.57. The Bertz CT molecular complexity index is 409. The van der Waals surface area contributed by atoms with Crippen molar-refractivity contribution in [3.63, 3.8) is 0 Å². The summed E-state index contributed by atoms with van der Waals surface area (Å²) >= 11 is 0. The van der Waals surface area contributed by atoms with E-state index < -0.39 is 0 Å². The molecular weight excluding hydrogens is 290 g/mol. The Morgan fingerprint density at radius 1 is 1.09 bits per heavy atom. The fraction of sp³-hybridized carbons (Fsp3) is 0.944. The van der Waals surface area contributed by atoms with Crippen molar-refractivity contribution >= 4 is 5.91 Å². The summed E-state index contributed by atoms with van der Waals surface area (Å²) in [4.78, 5) is 19.4. The average molecular weight is 323 g/mol. The van der Waals surface area contributed by atoms with Gasteiger partial charge in [-0.3, -0.25) is 14.6 Å². The summed E-state index contributed by atoms with van der Waals surface area (Å²) in [6, 6.07) is 0. The first-order valence-electron chi connectivity index (χ1n) is 9.44. The first-order valence-corrected chi connectivity index (χ1v) is 9.44. The van der Waals surface area contributed by atoms with Crippen molar-refractivity contribution in [1.29, 1.82) is 0 Å². The van der Waals surface area contributed by atoms with Gasteiger partial charge in [-0.1, -0.05) is 19.3 Å². The van der Waals surface area contributed by atoms with Gasteiger partial charge in [0.15, 0.2) is 0 Å². The van der Waals surface area contributed by atoms with Crippen molar-refractivity contribution in [3.8, 4) is 0 Å². The van der Waals surface area contributed by atoms with Crippen molar-refractivity contribution in [1.82, 2.24) is 14.7 Å². The summed E-state index contributed by atoms with van der Waals surface area (Å²) in [6.45, 7) is 12.2. The topological polar surface area (TPSA) is 36.0 Å². The Morgan fingerprint density at radius 3 is 2.52 bits per heavy atom. The number of carbonyl (C=O) groups is 1. The zero-order chi connectivity index (χ0) is 16.3. The van der Waals surface area contributed by atoms with Crippen LogP contribution in [0.1, 0.15) is 46.0 Å². The van der Waals surface area contributed by atoms with E-state index in [1.165, 1.54) is 32.1 Å². The van der Waals surface area contributed by atoms with E-state index in [-0.39, 0.29) is 11.4 Å². The van der Waals surface area contributed by atoms with Crippen LogP contribution in [0.2, 0.25) is 0 Å². The largest absolute Gasteiger partial charge is 0.376 e. The Balaban J connectivity index is 1.56. The minimum Gasteiger partial charge on any atom is -0.376 e. The average Bonchev–Trinajstić information content (AvgIpc) is 2.53. The van der Waals surface area contributed by atoms with E-state index in [1.807, 2.05) is 0 Å². The number of piperazine rings is 1. The molecule has 0 aromatic rings. The Morgan fingerprint density at radius 2 is 1.83 bits per heavy atom. The number of morpholine rings is 1. The van der Waals surface area contributed by atoms with E-state index in [9.17, 15) is 4.79 Å². The number of hydrogen-bond acceptors (Lipinski definition) is 4. The van der Waals surface area contributed by atoms with Crippen LogP contribution < -0.4 is 0 Å². The fourth-order valence-electron chi connectivity index (χ4n) is 4.76. The van der Waals surface area contributed by atoms with Gasteiger partial charge in [0.25, 0.3) is 0 Å². The van der Waals surface area contributed by atoms with E-state index in [0.717, 1.165) is 52.4 Å². The van der Waals surface area contributed by atoms with Crippen LogP contribution in [-0.4, -0.2) is 84.7 Å². The van der Waals surface area contributed by atoms with Crippen molar-refractivity contribution in [2.24, 2.45) is 0 Å². The number of carbonyl (C=O) groups excluding carboxylic acids is 1. The second-order valence-corrected chi connectivity index (χ2v) is 7.71. The smallest absolute Gasteiger partial charge is 0.219 e. The van der Waals surface area contributed by atoms with E-state index in [2.05, 4.69) is 21.6 Å². The number of rotatable bonds is 3. The second kappa shape index (κ2) is 7.49. The number of hydrogen-bond donors (Lipinski definition) is 0. The predicted molar refractivity (Wildman–Crippen MR) is 91.5 cm³/mol. The molecule has 132 valence electrons. The van der Waals surface area contributed by atoms with Crippen LogP contribution in [0.5, 0.6) is 0 Å². The SMILES string of the molecule is CC(=O)N1CCN(CCN2CCOC(C)C2)CC12CCCCC2. The maximum Gasteiger partial charge on any atom is 0.219 e. The maximum atomic E-state index is 12.1. The highest BCUT2D eigenvalue weighted by Crippen LogP contribution is 2.36. The maximum absolute atomic E-state index is 12.1. The van der Waals surface area contributed by atoms with Crippen molar-refractivity contribution < 1.29 is 9.53 Å². The highest BCUT2D eigenvalue weighted by Gasteiger charge is 2.43. The molecule has 2 saturated heterocycles. The Hall–Kier alpha value is -0.650. The molecule has 5 heteroatoms. The van der Waals surface area contributed by atoms with E-state index in [4.69, 9.17) is 4.74 Å². The lowest BCUT2D eigenvalue weighted by Gasteiger charge is -2.53. The minimum absolute atomic E-state index is 0.126. The van der Waals surface area contributed by atoms with Crippen LogP contribution in [0, 0.1) is 0 Å². The molecule has 0 aromatic heterocycles. The van der Waals surface area contributed by atoms with Gasteiger partial charge in [-0.05, 0) is 19.8 Å². The quantitative estimate of drug-likeness (QED) is 0.790. The van der Waals surface area contributed by atoms with Gasteiger partial charge in [0, 0.05) is 52.7 Å². The summed E-state index contributed by atoms with van der Waals surface area (Å²) in [7, 11) is 0. The summed E-state index contributed by atoms with van der Waals surface area (Å²) in [5.41, 5.74) is 0.126. The fourth-order valence-corrected chi connectivity index (χ4v) is 4.76. The van der Waals surface area contributed by atoms with Crippen LogP contribution in [0.25, 0.3) is 0 Å². The zero-order valence-corrected chi connectivity index (χ0v) is 14.9. The molecule has 1 atom stereocenters. The van der Waals surface area contributed by atoms with Gasteiger partial charge < -0.3 is 9.64 Å². The highest BCUT2D eigenvalue weighted by molar-refractivity contribution is 5.74. The Kier molecular flexibility index (Phi) is 5.60. The molecule has 3 rings (SSSR count). The monoisotopic (exact) mass is 323 g/mol. The molecule has 3 aliphatic rings. The van der Waals surface area contributed by atoms with Crippen molar-refractivity contribution in [2.45, 2.75) is 57.6 Å². The molecule has 1 spiro atoms. The second-order valence-electron chi connectivity index (χ2n) is 7.71. The standard InChI is InChI=1S/C18H33N3O2/c1-16-14-19(12-13-23-16)8-9-20-10-11-21(17(2)22)18(15-20)6-4-3-5-7-18/h16H,3-15H2,1-2H3. The van der Waals surface area contributed by atoms with Crippen LogP contribution in [0.4, 0.5) is 0 Å². The normalized spacial score (nSPS) is 29.8.